The molecule has 1 fully saturated rings. The van der Waals surface area contributed by atoms with Crippen LogP contribution in [-0.4, -0.2) is 27.3 Å². The first kappa shape index (κ1) is 17.3. The van der Waals surface area contributed by atoms with Crippen molar-refractivity contribution in [2.24, 2.45) is 0 Å². The number of benzene rings is 1. The first-order valence-electron chi connectivity index (χ1n) is 10.1. The first-order valence-corrected chi connectivity index (χ1v) is 10.1. The second-order valence-electron chi connectivity index (χ2n) is 7.84. The summed E-state index contributed by atoms with van der Waals surface area (Å²) in [6, 6.07) is 11.3. The molecule has 0 spiro atoms. The van der Waals surface area contributed by atoms with Crippen LogP contribution in [0.25, 0.3) is 21.8 Å². The topological polar surface area (TPSA) is 75.4 Å². The molecule has 0 radical (unpaired) electrons. The molecule has 0 N–H and O–H groups in total. The van der Waals surface area contributed by atoms with Gasteiger partial charge in [-0.2, -0.15) is 0 Å². The fraction of sp³-hybridized carbons (Fsp3) is 0.261. The molecule has 4 aromatic rings. The second-order valence-corrected chi connectivity index (χ2v) is 7.84. The molecule has 150 valence electrons. The maximum absolute atomic E-state index is 13.2. The molecule has 2 aliphatic rings. The van der Waals surface area contributed by atoms with E-state index >= 15 is 0 Å². The van der Waals surface area contributed by atoms with E-state index in [1.54, 1.807) is 21.4 Å². The summed E-state index contributed by atoms with van der Waals surface area (Å²) in [5.74, 6) is 1.42. The van der Waals surface area contributed by atoms with Crippen LogP contribution < -0.4 is 20.6 Å². The Balaban J connectivity index is 1.45. The summed E-state index contributed by atoms with van der Waals surface area (Å²) < 4.78 is 14.6. The molecule has 1 aliphatic heterocycles. The van der Waals surface area contributed by atoms with Gasteiger partial charge in [-0.05, 0) is 48.7 Å². The molecule has 30 heavy (non-hydrogen) atoms. The van der Waals surface area contributed by atoms with E-state index in [0.717, 1.165) is 24.2 Å². The van der Waals surface area contributed by atoms with Crippen molar-refractivity contribution < 1.29 is 9.47 Å². The van der Waals surface area contributed by atoms with Gasteiger partial charge in [0.1, 0.15) is 13.2 Å². The lowest BCUT2D eigenvalue weighted by Gasteiger charge is -2.19. The lowest BCUT2D eigenvalue weighted by Crippen LogP contribution is -2.22. The molecule has 1 aliphatic carbocycles. The smallest absolute Gasteiger partial charge is 0.260 e. The minimum atomic E-state index is -0.169. The van der Waals surface area contributed by atoms with Gasteiger partial charge in [-0.3, -0.25) is 9.59 Å². The van der Waals surface area contributed by atoms with Gasteiger partial charge < -0.3 is 18.6 Å². The van der Waals surface area contributed by atoms with Crippen LogP contribution in [0.5, 0.6) is 11.5 Å². The molecule has 0 unspecified atom stereocenters. The number of aromatic nitrogens is 3. The van der Waals surface area contributed by atoms with Crippen LogP contribution in [0, 0.1) is 0 Å². The van der Waals surface area contributed by atoms with E-state index in [2.05, 4.69) is 4.98 Å². The zero-order valence-electron chi connectivity index (χ0n) is 16.2. The van der Waals surface area contributed by atoms with Crippen LogP contribution in [0.15, 0.2) is 58.4 Å². The number of nitrogens with zero attached hydrogens (tertiary/aromatic N) is 3. The third-order valence-electron chi connectivity index (χ3n) is 5.74. The maximum Gasteiger partial charge on any atom is 0.260 e. The fourth-order valence-corrected chi connectivity index (χ4v) is 4.03. The monoisotopic (exact) mass is 401 g/mol. The zero-order valence-corrected chi connectivity index (χ0v) is 16.2. The lowest BCUT2D eigenvalue weighted by molar-refractivity contribution is 0.171. The zero-order chi connectivity index (χ0) is 20.2. The molecule has 1 aromatic carbocycles. The standard InChI is InChI=1S/C23H19N3O4/c27-22-16-12-17-19(6-8-26(23(17)28)15-2-3-15)24-18(16)5-7-25(22)13-14-1-4-20-21(11-14)30-10-9-29-20/h1,4-8,11-12,15H,2-3,9-10,13H2. The summed E-state index contributed by atoms with van der Waals surface area (Å²) in [6.45, 7) is 1.45. The average molecular weight is 401 g/mol. The van der Waals surface area contributed by atoms with Crippen LogP contribution in [0.4, 0.5) is 0 Å². The van der Waals surface area contributed by atoms with E-state index in [-0.39, 0.29) is 17.2 Å². The molecular formula is C23H19N3O4. The Morgan fingerprint density at radius 3 is 2.40 bits per heavy atom. The molecule has 0 bridgehead atoms. The molecule has 1 saturated carbocycles. The highest BCUT2D eigenvalue weighted by molar-refractivity contribution is 5.91. The number of ether oxygens (including phenoxy) is 2. The molecule has 7 heteroatoms. The summed E-state index contributed by atoms with van der Waals surface area (Å²) in [5, 5.41) is 0.944. The van der Waals surface area contributed by atoms with Crippen molar-refractivity contribution in [2.75, 3.05) is 13.2 Å². The highest BCUT2D eigenvalue weighted by Crippen LogP contribution is 2.34. The van der Waals surface area contributed by atoms with Crippen molar-refractivity contribution in [1.29, 1.82) is 0 Å². The third kappa shape index (κ3) is 2.77. The Bertz CT molecular complexity index is 1430. The van der Waals surface area contributed by atoms with E-state index in [4.69, 9.17) is 9.47 Å². The normalized spacial score (nSPS) is 15.6. The molecule has 3 aromatic heterocycles. The van der Waals surface area contributed by atoms with E-state index in [1.807, 2.05) is 36.5 Å². The number of pyridine rings is 3. The SMILES string of the molecule is O=c1c2cc3c(=O)n(C4CC4)ccc3nc2ccn1Cc1ccc2c(c1)OCCO2. The summed E-state index contributed by atoms with van der Waals surface area (Å²) in [7, 11) is 0. The van der Waals surface area contributed by atoms with Crippen LogP contribution in [0.1, 0.15) is 24.4 Å². The van der Waals surface area contributed by atoms with Crippen molar-refractivity contribution in [3.8, 4) is 11.5 Å². The number of fused-ring (bicyclic) bond motifs is 3. The van der Waals surface area contributed by atoms with Gasteiger partial charge in [-0.15, -0.1) is 0 Å². The summed E-state index contributed by atoms with van der Waals surface area (Å²) in [5.41, 5.74) is 1.90. The molecule has 6 rings (SSSR count). The molecule has 7 nitrogen and oxygen atoms in total. The van der Waals surface area contributed by atoms with E-state index < -0.39 is 0 Å². The second kappa shape index (κ2) is 6.45. The van der Waals surface area contributed by atoms with Gasteiger partial charge in [0.15, 0.2) is 11.5 Å². The quantitative estimate of drug-likeness (QED) is 0.494. The third-order valence-corrected chi connectivity index (χ3v) is 5.74. The van der Waals surface area contributed by atoms with Crippen molar-refractivity contribution >= 4 is 21.8 Å². The predicted molar refractivity (Wildman–Crippen MR) is 113 cm³/mol. The summed E-state index contributed by atoms with van der Waals surface area (Å²) in [4.78, 5) is 30.6. The Kier molecular flexibility index (Phi) is 3.71. The van der Waals surface area contributed by atoms with Crippen LogP contribution in [0.2, 0.25) is 0 Å². The van der Waals surface area contributed by atoms with Gasteiger partial charge in [0.2, 0.25) is 0 Å². The van der Waals surface area contributed by atoms with Gasteiger partial charge >= 0.3 is 0 Å². The van der Waals surface area contributed by atoms with Crippen molar-refractivity contribution in [2.45, 2.75) is 25.4 Å². The maximum atomic E-state index is 13.2. The Morgan fingerprint density at radius 1 is 0.867 bits per heavy atom. The lowest BCUT2D eigenvalue weighted by atomic mass is 10.1. The largest absolute Gasteiger partial charge is 0.486 e. The van der Waals surface area contributed by atoms with Crippen molar-refractivity contribution in [3.63, 3.8) is 0 Å². The van der Waals surface area contributed by atoms with Gasteiger partial charge in [-0.25, -0.2) is 4.98 Å². The minimum absolute atomic E-state index is 0.0777. The first-order chi connectivity index (χ1) is 14.7. The van der Waals surface area contributed by atoms with Gasteiger partial charge in [0.25, 0.3) is 11.1 Å². The highest BCUT2D eigenvalue weighted by atomic mass is 16.6. The molecular weight excluding hydrogens is 382 g/mol. The Hall–Kier alpha value is -3.61. The molecule has 0 atom stereocenters. The highest BCUT2D eigenvalue weighted by Gasteiger charge is 2.25. The van der Waals surface area contributed by atoms with Gasteiger partial charge in [0.05, 0.1) is 28.4 Å². The van der Waals surface area contributed by atoms with E-state index in [0.29, 0.717) is 47.3 Å². The number of hydrogen-bond donors (Lipinski definition) is 0. The predicted octanol–water partition coefficient (Wildman–Crippen LogP) is 2.87. The van der Waals surface area contributed by atoms with E-state index in [9.17, 15) is 9.59 Å². The van der Waals surface area contributed by atoms with Gasteiger partial charge in [-0.1, -0.05) is 6.07 Å². The van der Waals surface area contributed by atoms with Crippen molar-refractivity contribution in [3.05, 3.63) is 75.1 Å². The van der Waals surface area contributed by atoms with Crippen LogP contribution in [-0.2, 0) is 6.54 Å². The van der Waals surface area contributed by atoms with Crippen molar-refractivity contribution in [1.82, 2.24) is 14.1 Å². The Labute approximate surface area is 171 Å². The summed E-state index contributed by atoms with van der Waals surface area (Å²) in [6.07, 6.45) is 5.60. The number of rotatable bonds is 3. The number of hydrogen-bond acceptors (Lipinski definition) is 5. The molecule has 4 heterocycles. The van der Waals surface area contributed by atoms with Gasteiger partial charge in [0, 0.05) is 18.4 Å². The van der Waals surface area contributed by atoms with Crippen LogP contribution in [0.3, 0.4) is 0 Å². The molecule has 0 amide bonds. The van der Waals surface area contributed by atoms with Crippen LogP contribution >= 0.6 is 0 Å². The van der Waals surface area contributed by atoms with E-state index in [1.165, 1.54) is 0 Å². The average Bonchev–Trinajstić information content (AvgIpc) is 3.60. The Morgan fingerprint density at radius 2 is 1.60 bits per heavy atom. The molecule has 0 saturated heterocycles. The summed E-state index contributed by atoms with van der Waals surface area (Å²) >= 11 is 0. The minimum Gasteiger partial charge on any atom is -0.486 e. The fourth-order valence-electron chi connectivity index (χ4n) is 4.03.